The predicted molar refractivity (Wildman–Crippen MR) is 44.0 cm³/mol. The summed E-state index contributed by atoms with van der Waals surface area (Å²) in [5.41, 5.74) is 5.46. The summed E-state index contributed by atoms with van der Waals surface area (Å²) >= 11 is 0. The number of hydrazone groups is 1. The van der Waals surface area contributed by atoms with Crippen LogP contribution in [0.1, 0.15) is 11.3 Å². The Morgan fingerprint density at radius 1 is 1.45 bits per heavy atom. The van der Waals surface area contributed by atoms with Gasteiger partial charge in [-0.3, -0.25) is 10.4 Å². The molecule has 1 aromatic heterocycles. The number of hydrogen-bond donors (Lipinski definition) is 1. The molecule has 2 rings (SSSR count). The highest BCUT2D eigenvalue weighted by molar-refractivity contribution is 5.87. The van der Waals surface area contributed by atoms with Gasteiger partial charge in [0.2, 0.25) is 0 Å². The summed E-state index contributed by atoms with van der Waals surface area (Å²) in [4.78, 5) is 4.12. The molecule has 0 aromatic carbocycles. The minimum Gasteiger partial charge on any atom is -0.278 e. The molecule has 0 aliphatic carbocycles. The molecule has 0 amide bonds. The van der Waals surface area contributed by atoms with Crippen molar-refractivity contribution in [2.45, 2.75) is 0 Å². The minimum atomic E-state index is 0.801. The van der Waals surface area contributed by atoms with Gasteiger partial charge in [0.1, 0.15) is 0 Å². The largest absolute Gasteiger partial charge is 0.278 e. The topological polar surface area (TPSA) is 37.3 Å². The Hall–Kier alpha value is -1.64. The molecule has 3 nitrogen and oxygen atoms in total. The summed E-state index contributed by atoms with van der Waals surface area (Å²) in [6, 6.07) is 3.84. The molecule has 0 unspecified atom stereocenters. The van der Waals surface area contributed by atoms with Crippen molar-refractivity contribution in [3.63, 3.8) is 0 Å². The van der Waals surface area contributed by atoms with Crippen LogP contribution in [-0.2, 0) is 0 Å². The zero-order chi connectivity index (χ0) is 7.68. The van der Waals surface area contributed by atoms with Crippen molar-refractivity contribution >= 4 is 11.9 Å². The summed E-state index contributed by atoms with van der Waals surface area (Å²) < 4.78 is 0. The number of aromatic nitrogens is 1. The van der Waals surface area contributed by atoms with Crippen molar-refractivity contribution < 1.29 is 0 Å². The highest BCUT2D eigenvalue weighted by Crippen LogP contribution is 2.14. The van der Waals surface area contributed by atoms with E-state index in [0.29, 0.717) is 0 Å². The summed E-state index contributed by atoms with van der Waals surface area (Å²) in [5, 5.41) is 3.86. The van der Waals surface area contributed by atoms with E-state index in [1.807, 2.05) is 12.1 Å². The van der Waals surface area contributed by atoms with E-state index >= 15 is 0 Å². The van der Waals surface area contributed by atoms with E-state index in [1.54, 1.807) is 12.4 Å². The van der Waals surface area contributed by atoms with Crippen LogP contribution in [0.3, 0.4) is 0 Å². The zero-order valence-electron chi connectivity index (χ0n) is 5.91. The molecule has 0 bridgehead atoms. The number of pyridine rings is 1. The molecule has 0 radical (unpaired) electrons. The monoisotopic (exact) mass is 145 g/mol. The molecule has 54 valence electrons. The fourth-order valence-corrected chi connectivity index (χ4v) is 1.01. The number of hydrogen-bond acceptors (Lipinski definition) is 3. The Kier molecular flexibility index (Phi) is 1.22. The van der Waals surface area contributed by atoms with Gasteiger partial charge < -0.3 is 0 Å². The first kappa shape index (κ1) is 6.09. The van der Waals surface area contributed by atoms with E-state index < -0.39 is 0 Å². The quantitative estimate of drug-likeness (QED) is 0.591. The molecule has 0 spiro atoms. The first-order valence-electron chi connectivity index (χ1n) is 3.31. The van der Waals surface area contributed by atoms with Gasteiger partial charge in [0.25, 0.3) is 0 Å². The van der Waals surface area contributed by atoms with Gasteiger partial charge in [-0.2, -0.15) is 5.10 Å². The molecule has 1 aromatic rings. The first-order valence-corrected chi connectivity index (χ1v) is 3.31. The molecule has 3 heteroatoms. The van der Waals surface area contributed by atoms with Gasteiger partial charge in [-0.1, -0.05) is 6.58 Å². The lowest BCUT2D eigenvalue weighted by atomic mass is 10.1. The van der Waals surface area contributed by atoms with Gasteiger partial charge in [0, 0.05) is 11.8 Å². The normalized spacial score (nSPS) is 14.0. The first-order chi connectivity index (χ1) is 5.38. The van der Waals surface area contributed by atoms with Crippen LogP contribution in [-0.4, -0.2) is 11.2 Å². The average Bonchev–Trinajstić information content (AvgIpc) is 2.06. The molecular weight excluding hydrogens is 138 g/mol. The van der Waals surface area contributed by atoms with E-state index in [0.717, 1.165) is 17.0 Å². The van der Waals surface area contributed by atoms with Gasteiger partial charge in [-0.15, -0.1) is 0 Å². The fraction of sp³-hybridized carbons (Fsp3) is 0. The lowest BCUT2D eigenvalue weighted by Crippen LogP contribution is -2.12. The Morgan fingerprint density at radius 2 is 2.36 bits per heavy atom. The molecule has 0 fully saturated rings. The van der Waals surface area contributed by atoms with Crippen LogP contribution in [0.5, 0.6) is 0 Å². The highest BCUT2D eigenvalue weighted by Gasteiger charge is 2.07. The molecule has 1 aliphatic heterocycles. The van der Waals surface area contributed by atoms with Crippen LogP contribution in [0.2, 0.25) is 0 Å². The fourth-order valence-electron chi connectivity index (χ4n) is 1.01. The number of nitrogens with one attached hydrogen (secondary N) is 1. The number of fused-ring (bicyclic) bond motifs is 1. The van der Waals surface area contributed by atoms with Crippen molar-refractivity contribution in [3.05, 3.63) is 36.2 Å². The number of nitrogens with zero attached hydrogens (tertiary/aromatic N) is 2. The lowest BCUT2D eigenvalue weighted by molar-refractivity contribution is 0.978. The highest BCUT2D eigenvalue weighted by atomic mass is 15.3. The second kappa shape index (κ2) is 2.20. The Balaban J connectivity index is 2.63. The average molecular weight is 145 g/mol. The smallest absolute Gasteiger partial charge is 0.0923 e. The molecule has 0 atom stereocenters. The molecular formula is C8H7N3. The van der Waals surface area contributed by atoms with Crippen molar-refractivity contribution in [3.8, 4) is 0 Å². The van der Waals surface area contributed by atoms with Crippen LogP contribution in [0, 0.1) is 0 Å². The lowest BCUT2D eigenvalue weighted by Gasteiger charge is -2.11. The summed E-state index contributed by atoms with van der Waals surface area (Å²) in [7, 11) is 0. The van der Waals surface area contributed by atoms with Crippen LogP contribution >= 0.6 is 0 Å². The van der Waals surface area contributed by atoms with Gasteiger partial charge in [0.05, 0.1) is 17.6 Å². The molecule has 0 saturated heterocycles. The van der Waals surface area contributed by atoms with Gasteiger partial charge in [-0.25, -0.2) is 0 Å². The second-order valence-corrected chi connectivity index (χ2v) is 2.28. The molecule has 0 saturated carbocycles. The van der Waals surface area contributed by atoms with Crippen LogP contribution < -0.4 is 5.43 Å². The van der Waals surface area contributed by atoms with Crippen molar-refractivity contribution in [2.75, 3.05) is 0 Å². The third-order valence-electron chi connectivity index (χ3n) is 1.55. The molecule has 1 N–H and O–H groups in total. The second-order valence-electron chi connectivity index (χ2n) is 2.28. The van der Waals surface area contributed by atoms with Gasteiger partial charge >= 0.3 is 0 Å². The number of rotatable bonds is 0. The summed E-state index contributed by atoms with van der Waals surface area (Å²) in [6.45, 7) is 3.79. The Morgan fingerprint density at radius 3 is 3.18 bits per heavy atom. The van der Waals surface area contributed by atoms with E-state index in [4.69, 9.17) is 0 Å². The van der Waals surface area contributed by atoms with E-state index in [9.17, 15) is 0 Å². The van der Waals surface area contributed by atoms with Crippen molar-refractivity contribution in [1.29, 1.82) is 0 Å². The molecule has 11 heavy (non-hydrogen) atoms. The van der Waals surface area contributed by atoms with Crippen LogP contribution in [0.25, 0.3) is 5.70 Å². The summed E-state index contributed by atoms with van der Waals surface area (Å²) in [5.74, 6) is 0. The Labute approximate surface area is 64.5 Å². The van der Waals surface area contributed by atoms with Crippen LogP contribution in [0.15, 0.2) is 30.0 Å². The zero-order valence-corrected chi connectivity index (χ0v) is 5.91. The SMILES string of the molecule is C=C1NN=Cc2ncccc21. The molecule has 2 heterocycles. The maximum Gasteiger partial charge on any atom is 0.0923 e. The summed E-state index contributed by atoms with van der Waals surface area (Å²) in [6.07, 6.45) is 3.42. The van der Waals surface area contributed by atoms with E-state index in [2.05, 4.69) is 22.1 Å². The maximum absolute atomic E-state index is 4.12. The third-order valence-corrected chi connectivity index (χ3v) is 1.55. The van der Waals surface area contributed by atoms with Crippen molar-refractivity contribution in [2.24, 2.45) is 5.10 Å². The van der Waals surface area contributed by atoms with Crippen LogP contribution in [0.4, 0.5) is 0 Å². The molecule has 1 aliphatic rings. The Bertz CT molecular complexity index is 328. The standard InChI is InChI=1S/C8H7N3/c1-6-7-3-2-4-9-8(7)5-10-11-6/h2-5,11H,1H2. The minimum absolute atomic E-state index is 0.801. The van der Waals surface area contributed by atoms with E-state index in [-0.39, 0.29) is 0 Å². The van der Waals surface area contributed by atoms with Crippen molar-refractivity contribution in [1.82, 2.24) is 10.4 Å². The predicted octanol–water partition coefficient (Wildman–Crippen LogP) is 0.989. The van der Waals surface area contributed by atoms with Gasteiger partial charge in [0.15, 0.2) is 0 Å². The maximum atomic E-state index is 4.12. The van der Waals surface area contributed by atoms with Gasteiger partial charge in [-0.05, 0) is 12.1 Å². The third kappa shape index (κ3) is 0.902. The van der Waals surface area contributed by atoms with E-state index in [1.165, 1.54) is 0 Å².